The van der Waals surface area contributed by atoms with Crippen molar-refractivity contribution < 1.29 is 17.6 Å². The number of benzene rings is 1. The van der Waals surface area contributed by atoms with E-state index in [1.807, 2.05) is 0 Å². The first kappa shape index (κ1) is 14.7. The molecule has 18 heavy (non-hydrogen) atoms. The van der Waals surface area contributed by atoms with Crippen LogP contribution >= 0.6 is 0 Å². The first-order valence-electron chi connectivity index (χ1n) is 5.59. The molecule has 1 atom stereocenters. The fraction of sp³-hybridized carbons (Fsp3) is 0.385. The predicted octanol–water partition coefficient (Wildman–Crippen LogP) is 4.20. The Balaban J connectivity index is 2.87. The molecule has 1 rings (SSSR count). The number of hydrogen-bond donors (Lipinski definition) is 1. The Bertz CT molecular complexity index is 412. The summed E-state index contributed by atoms with van der Waals surface area (Å²) in [4.78, 5) is 0. The fourth-order valence-electron chi connectivity index (χ4n) is 1.64. The maximum atomic E-state index is 13.1. The van der Waals surface area contributed by atoms with E-state index in [0.717, 1.165) is 25.0 Å². The molecule has 0 aliphatic rings. The van der Waals surface area contributed by atoms with Crippen molar-refractivity contribution >= 4 is 0 Å². The van der Waals surface area contributed by atoms with Crippen LogP contribution < -0.4 is 5.73 Å². The van der Waals surface area contributed by atoms with Gasteiger partial charge in [-0.1, -0.05) is 12.1 Å². The van der Waals surface area contributed by atoms with Gasteiger partial charge in [0.05, 0.1) is 5.56 Å². The molecule has 0 radical (unpaired) electrons. The summed E-state index contributed by atoms with van der Waals surface area (Å²) >= 11 is 0. The maximum Gasteiger partial charge on any atom is 0.419 e. The monoisotopic (exact) mass is 261 g/mol. The van der Waals surface area contributed by atoms with Crippen LogP contribution in [0, 0.1) is 5.82 Å². The minimum absolute atomic E-state index is 0.299. The molecule has 0 heterocycles. The molecule has 1 aromatic carbocycles. The predicted molar refractivity (Wildman–Crippen MR) is 62.4 cm³/mol. The minimum Gasteiger partial charge on any atom is -0.324 e. The van der Waals surface area contributed by atoms with Gasteiger partial charge < -0.3 is 5.73 Å². The molecule has 1 unspecified atom stereocenters. The Hall–Kier alpha value is -1.36. The molecule has 1 nitrogen and oxygen atoms in total. The van der Waals surface area contributed by atoms with Gasteiger partial charge in [0, 0.05) is 6.04 Å². The number of alkyl halides is 3. The molecule has 0 fully saturated rings. The van der Waals surface area contributed by atoms with Crippen LogP contribution in [0.2, 0.25) is 0 Å². The molecule has 100 valence electrons. The van der Waals surface area contributed by atoms with Crippen LogP contribution in [-0.2, 0) is 6.18 Å². The Kier molecular flexibility index (Phi) is 4.90. The van der Waals surface area contributed by atoms with E-state index < -0.39 is 23.6 Å². The normalized spacial score (nSPS) is 13.4. The third-order valence-electron chi connectivity index (χ3n) is 2.65. The van der Waals surface area contributed by atoms with Gasteiger partial charge in [0.1, 0.15) is 5.82 Å². The third-order valence-corrected chi connectivity index (χ3v) is 2.65. The second-order valence-electron chi connectivity index (χ2n) is 4.06. The lowest BCUT2D eigenvalue weighted by Gasteiger charge is -2.14. The molecule has 1 aromatic rings. The van der Waals surface area contributed by atoms with Crippen molar-refractivity contribution in [3.8, 4) is 0 Å². The summed E-state index contributed by atoms with van der Waals surface area (Å²) in [6, 6.07) is 2.37. The average Bonchev–Trinajstić information content (AvgIpc) is 2.28. The van der Waals surface area contributed by atoms with Crippen molar-refractivity contribution in [3.05, 3.63) is 47.8 Å². The highest BCUT2D eigenvalue weighted by Gasteiger charge is 2.34. The Morgan fingerprint density at radius 1 is 1.33 bits per heavy atom. The summed E-state index contributed by atoms with van der Waals surface area (Å²) in [6.07, 6.45) is -0.946. The Morgan fingerprint density at radius 3 is 2.56 bits per heavy atom. The van der Waals surface area contributed by atoms with Gasteiger partial charge in [0.25, 0.3) is 0 Å². The lowest BCUT2D eigenvalue weighted by molar-refractivity contribution is -0.140. The highest BCUT2D eigenvalue weighted by atomic mass is 19.4. The Labute approximate surface area is 103 Å². The largest absolute Gasteiger partial charge is 0.419 e. The van der Waals surface area contributed by atoms with Crippen molar-refractivity contribution in [1.29, 1.82) is 0 Å². The van der Waals surface area contributed by atoms with Gasteiger partial charge in [-0.2, -0.15) is 13.2 Å². The maximum absolute atomic E-state index is 13.1. The summed E-state index contributed by atoms with van der Waals surface area (Å²) in [5.74, 6) is -1.27. The molecule has 0 saturated carbocycles. The zero-order valence-electron chi connectivity index (χ0n) is 9.80. The van der Waals surface area contributed by atoms with Crippen LogP contribution in [0.5, 0.6) is 0 Å². The van der Waals surface area contributed by atoms with E-state index in [0.29, 0.717) is 12.0 Å². The van der Waals surface area contributed by atoms with E-state index in [9.17, 15) is 17.6 Å². The van der Waals surface area contributed by atoms with Crippen LogP contribution in [-0.4, -0.2) is 0 Å². The van der Waals surface area contributed by atoms with Gasteiger partial charge in [0.2, 0.25) is 0 Å². The van der Waals surface area contributed by atoms with Crippen LogP contribution in [0.3, 0.4) is 0 Å². The zero-order valence-corrected chi connectivity index (χ0v) is 9.80. The summed E-state index contributed by atoms with van der Waals surface area (Å²) in [7, 11) is 0. The quantitative estimate of drug-likeness (QED) is 0.480. The topological polar surface area (TPSA) is 26.0 Å². The molecule has 0 aromatic heterocycles. The van der Waals surface area contributed by atoms with Gasteiger partial charge in [-0.3, -0.25) is 0 Å². The highest BCUT2D eigenvalue weighted by Crippen LogP contribution is 2.33. The molecule has 0 bridgehead atoms. The summed E-state index contributed by atoms with van der Waals surface area (Å²) < 4.78 is 50.6. The van der Waals surface area contributed by atoms with Crippen molar-refractivity contribution in [3.63, 3.8) is 0 Å². The van der Waals surface area contributed by atoms with Gasteiger partial charge in [-0.05, 0) is 37.0 Å². The number of allylic oxidation sites excluding steroid dienone is 1. The molecule has 0 aliphatic carbocycles. The molecule has 0 saturated heterocycles. The standard InChI is InChI=1S/C13H15F4N/c1-2-3-4-5-12(18)9-6-7-11(14)10(8-9)13(15,16)17/h2,6-8,12H,1,3-5,18H2. The molecule has 0 aliphatic heterocycles. The van der Waals surface area contributed by atoms with Crippen LogP contribution in [0.15, 0.2) is 30.9 Å². The first-order chi connectivity index (χ1) is 8.36. The molecule has 0 spiro atoms. The number of hydrogen-bond acceptors (Lipinski definition) is 1. The van der Waals surface area contributed by atoms with E-state index in [4.69, 9.17) is 5.73 Å². The van der Waals surface area contributed by atoms with Crippen molar-refractivity contribution in [1.82, 2.24) is 0 Å². The number of halogens is 4. The lowest BCUT2D eigenvalue weighted by atomic mass is 9.99. The molecular formula is C13H15F4N. The SMILES string of the molecule is C=CCCCC(N)c1ccc(F)c(C(F)(F)F)c1. The lowest BCUT2D eigenvalue weighted by Crippen LogP contribution is -2.14. The van der Waals surface area contributed by atoms with Crippen molar-refractivity contribution in [2.45, 2.75) is 31.5 Å². The molecule has 5 heteroatoms. The van der Waals surface area contributed by atoms with Gasteiger partial charge in [-0.25, -0.2) is 4.39 Å². The zero-order chi connectivity index (χ0) is 13.8. The van der Waals surface area contributed by atoms with E-state index >= 15 is 0 Å². The summed E-state index contributed by atoms with van der Waals surface area (Å²) in [5.41, 5.74) is 4.81. The van der Waals surface area contributed by atoms with Crippen LogP contribution in [0.4, 0.5) is 17.6 Å². The van der Waals surface area contributed by atoms with E-state index in [2.05, 4.69) is 6.58 Å². The molecule has 2 N–H and O–H groups in total. The van der Waals surface area contributed by atoms with Gasteiger partial charge in [-0.15, -0.1) is 6.58 Å². The van der Waals surface area contributed by atoms with E-state index in [1.165, 1.54) is 6.07 Å². The average molecular weight is 261 g/mol. The molecule has 0 amide bonds. The van der Waals surface area contributed by atoms with Crippen LogP contribution in [0.25, 0.3) is 0 Å². The number of unbranched alkanes of at least 4 members (excludes halogenated alkanes) is 1. The first-order valence-corrected chi connectivity index (χ1v) is 5.59. The highest BCUT2D eigenvalue weighted by molar-refractivity contribution is 5.29. The summed E-state index contributed by atoms with van der Waals surface area (Å²) in [6.45, 7) is 3.55. The van der Waals surface area contributed by atoms with E-state index in [1.54, 1.807) is 6.08 Å². The smallest absolute Gasteiger partial charge is 0.324 e. The number of rotatable bonds is 5. The second-order valence-corrected chi connectivity index (χ2v) is 4.06. The van der Waals surface area contributed by atoms with Crippen molar-refractivity contribution in [2.24, 2.45) is 5.73 Å². The minimum atomic E-state index is -4.69. The Morgan fingerprint density at radius 2 is 2.00 bits per heavy atom. The fourth-order valence-corrected chi connectivity index (χ4v) is 1.64. The van der Waals surface area contributed by atoms with Crippen LogP contribution in [0.1, 0.15) is 36.4 Å². The third kappa shape index (κ3) is 3.84. The molecular weight excluding hydrogens is 246 g/mol. The second kappa shape index (κ2) is 6.00. The van der Waals surface area contributed by atoms with Gasteiger partial charge >= 0.3 is 6.18 Å². The summed E-state index contributed by atoms with van der Waals surface area (Å²) in [5, 5.41) is 0. The van der Waals surface area contributed by atoms with E-state index in [-0.39, 0.29) is 0 Å². The number of nitrogens with two attached hydrogens (primary N) is 1. The van der Waals surface area contributed by atoms with Gasteiger partial charge in [0.15, 0.2) is 0 Å². The van der Waals surface area contributed by atoms with Crippen molar-refractivity contribution in [2.75, 3.05) is 0 Å².